The first-order valence-electron chi connectivity index (χ1n) is 6.31. The predicted molar refractivity (Wildman–Crippen MR) is 73.2 cm³/mol. The molecular weight excluding hydrogens is 268 g/mol. The Morgan fingerprint density at radius 1 is 1.58 bits per heavy atom. The van der Waals surface area contributed by atoms with Gasteiger partial charge in [-0.15, -0.1) is 0 Å². The number of nitrogens with zero attached hydrogens (tertiary/aromatic N) is 2. The lowest BCUT2D eigenvalue weighted by Gasteiger charge is -2.25. The molecule has 19 heavy (non-hydrogen) atoms. The number of halogens is 1. The first kappa shape index (κ1) is 14.2. The summed E-state index contributed by atoms with van der Waals surface area (Å²) in [5, 5.41) is 20.9. The van der Waals surface area contributed by atoms with Crippen molar-refractivity contribution in [3.05, 3.63) is 38.9 Å². The molecule has 1 aromatic carbocycles. The lowest BCUT2D eigenvalue weighted by molar-refractivity contribution is -0.385. The molecule has 0 saturated carbocycles. The Bertz CT molecular complexity index is 481. The lowest BCUT2D eigenvalue weighted by atomic mass is 10.0. The fourth-order valence-electron chi connectivity index (χ4n) is 2.66. The van der Waals surface area contributed by atoms with E-state index in [1.165, 1.54) is 6.07 Å². The zero-order chi connectivity index (χ0) is 14.0. The summed E-state index contributed by atoms with van der Waals surface area (Å²) in [4.78, 5) is 12.7. The van der Waals surface area contributed by atoms with Crippen LogP contribution >= 0.6 is 11.6 Å². The smallest absolute Gasteiger partial charge is 0.275 e. The molecule has 1 fully saturated rings. The van der Waals surface area contributed by atoms with Gasteiger partial charge in [-0.1, -0.05) is 24.6 Å². The molecule has 1 aliphatic rings. The van der Waals surface area contributed by atoms with Crippen LogP contribution in [-0.2, 0) is 6.54 Å². The summed E-state index contributed by atoms with van der Waals surface area (Å²) < 4.78 is 0. The van der Waals surface area contributed by atoms with E-state index in [1.807, 2.05) is 0 Å². The van der Waals surface area contributed by atoms with Crippen LogP contribution in [0.15, 0.2) is 18.2 Å². The third-order valence-corrected chi connectivity index (χ3v) is 4.19. The maximum atomic E-state index is 11.0. The van der Waals surface area contributed by atoms with Gasteiger partial charge >= 0.3 is 0 Å². The highest BCUT2D eigenvalue weighted by Crippen LogP contribution is 2.31. The summed E-state index contributed by atoms with van der Waals surface area (Å²) in [7, 11) is 0. The molecule has 2 atom stereocenters. The molecule has 0 spiro atoms. The van der Waals surface area contributed by atoms with Gasteiger partial charge in [-0.05, 0) is 24.9 Å². The zero-order valence-electron chi connectivity index (χ0n) is 10.8. The fraction of sp³-hybridized carbons (Fsp3) is 0.538. The number of benzene rings is 1. The van der Waals surface area contributed by atoms with Crippen LogP contribution in [0.4, 0.5) is 5.69 Å². The maximum absolute atomic E-state index is 11.0. The van der Waals surface area contributed by atoms with Crippen molar-refractivity contribution >= 4 is 17.3 Å². The van der Waals surface area contributed by atoms with Gasteiger partial charge in [0.15, 0.2) is 0 Å². The summed E-state index contributed by atoms with van der Waals surface area (Å²) in [6.07, 6.45) is 0.990. The molecule has 0 radical (unpaired) electrons. The third kappa shape index (κ3) is 2.88. The summed E-state index contributed by atoms with van der Waals surface area (Å²) in [5.41, 5.74) is 0.574. The van der Waals surface area contributed by atoms with Gasteiger partial charge in [-0.25, -0.2) is 0 Å². The SMILES string of the molecule is CC1CCN(Cc2c(Cl)cccc2[N+](=O)[O-])C1CO. The second-order valence-corrected chi connectivity index (χ2v) is 5.39. The van der Waals surface area contributed by atoms with Crippen LogP contribution in [0.3, 0.4) is 0 Å². The van der Waals surface area contributed by atoms with Gasteiger partial charge in [0.2, 0.25) is 0 Å². The van der Waals surface area contributed by atoms with Crippen molar-refractivity contribution in [2.45, 2.75) is 25.9 Å². The van der Waals surface area contributed by atoms with Gasteiger partial charge in [-0.2, -0.15) is 0 Å². The highest BCUT2D eigenvalue weighted by Gasteiger charge is 2.32. The normalized spacial score (nSPS) is 23.7. The van der Waals surface area contributed by atoms with E-state index < -0.39 is 4.92 Å². The Morgan fingerprint density at radius 3 is 2.95 bits per heavy atom. The molecular formula is C13H17ClN2O3. The lowest BCUT2D eigenvalue weighted by Crippen LogP contribution is -2.34. The van der Waals surface area contributed by atoms with E-state index in [0.29, 0.717) is 23.0 Å². The molecule has 0 bridgehead atoms. The first-order chi connectivity index (χ1) is 9.04. The monoisotopic (exact) mass is 284 g/mol. The van der Waals surface area contributed by atoms with Gasteiger partial charge in [-0.3, -0.25) is 15.0 Å². The Kier molecular flexibility index (Phi) is 4.39. The summed E-state index contributed by atoms with van der Waals surface area (Å²) in [5.74, 6) is 0.395. The number of likely N-dealkylation sites (tertiary alicyclic amines) is 1. The van der Waals surface area contributed by atoms with E-state index in [-0.39, 0.29) is 18.3 Å². The molecule has 6 heteroatoms. The van der Waals surface area contributed by atoms with Crippen molar-refractivity contribution in [2.24, 2.45) is 5.92 Å². The molecule has 2 rings (SSSR count). The molecule has 1 saturated heterocycles. The van der Waals surface area contributed by atoms with Gasteiger partial charge in [0.05, 0.1) is 22.1 Å². The average Bonchev–Trinajstić information content (AvgIpc) is 2.72. The van der Waals surface area contributed by atoms with Crippen LogP contribution in [-0.4, -0.2) is 34.1 Å². The van der Waals surface area contributed by atoms with E-state index >= 15 is 0 Å². The number of nitro groups is 1. The summed E-state index contributed by atoms with van der Waals surface area (Å²) in [6, 6.07) is 4.77. The van der Waals surface area contributed by atoms with Crippen LogP contribution < -0.4 is 0 Å². The van der Waals surface area contributed by atoms with Gasteiger partial charge in [0.25, 0.3) is 5.69 Å². The largest absolute Gasteiger partial charge is 0.395 e. The Labute approximate surface area is 116 Å². The van der Waals surface area contributed by atoms with Crippen molar-refractivity contribution < 1.29 is 10.0 Å². The number of aliphatic hydroxyl groups excluding tert-OH is 1. The quantitative estimate of drug-likeness (QED) is 0.681. The number of hydrogen-bond donors (Lipinski definition) is 1. The van der Waals surface area contributed by atoms with E-state index in [9.17, 15) is 15.2 Å². The van der Waals surface area contributed by atoms with E-state index in [0.717, 1.165) is 13.0 Å². The molecule has 1 aliphatic heterocycles. The molecule has 1 aromatic rings. The average molecular weight is 285 g/mol. The Morgan fingerprint density at radius 2 is 2.32 bits per heavy atom. The van der Waals surface area contributed by atoms with Crippen molar-refractivity contribution in [3.63, 3.8) is 0 Å². The van der Waals surface area contributed by atoms with Crippen molar-refractivity contribution in [3.8, 4) is 0 Å². The standard InChI is InChI=1S/C13H17ClN2O3/c1-9-5-6-15(13(9)8-17)7-10-11(14)3-2-4-12(10)16(18)19/h2-4,9,13,17H,5-8H2,1H3. The summed E-state index contributed by atoms with van der Waals surface area (Å²) >= 11 is 6.09. The van der Waals surface area contributed by atoms with Crippen LogP contribution in [0.1, 0.15) is 18.9 Å². The second kappa shape index (κ2) is 5.86. The van der Waals surface area contributed by atoms with Crippen molar-refractivity contribution in [1.82, 2.24) is 4.90 Å². The number of nitro benzene ring substituents is 1. The third-order valence-electron chi connectivity index (χ3n) is 3.84. The van der Waals surface area contributed by atoms with Gasteiger partial charge in [0.1, 0.15) is 0 Å². The Balaban J connectivity index is 2.26. The molecule has 0 aliphatic carbocycles. The topological polar surface area (TPSA) is 66.6 Å². The van der Waals surface area contributed by atoms with Crippen molar-refractivity contribution in [1.29, 1.82) is 0 Å². The Hall–Kier alpha value is -1.17. The molecule has 1 heterocycles. The minimum Gasteiger partial charge on any atom is -0.395 e. The minimum atomic E-state index is -0.408. The van der Waals surface area contributed by atoms with E-state index in [2.05, 4.69) is 11.8 Å². The van der Waals surface area contributed by atoms with Gasteiger partial charge < -0.3 is 5.11 Å². The molecule has 0 amide bonds. The van der Waals surface area contributed by atoms with Gasteiger partial charge in [0, 0.05) is 18.7 Å². The molecule has 1 N–H and O–H groups in total. The first-order valence-corrected chi connectivity index (χ1v) is 6.69. The predicted octanol–water partition coefficient (Wildman–Crippen LogP) is 2.45. The molecule has 5 nitrogen and oxygen atoms in total. The summed E-state index contributed by atoms with van der Waals surface area (Å²) in [6.45, 7) is 3.39. The maximum Gasteiger partial charge on any atom is 0.275 e. The number of rotatable bonds is 4. The molecule has 104 valence electrons. The molecule has 0 aromatic heterocycles. The van der Waals surface area contributed by atoms with E-state index in [1.54, 1.807) is 12.1 Å². The van der Waals surface area contributed by atoms with Crippen LogP contribution in [0, 0.1) is 16.0 Å². The van der Waals surface area contributed by atoms with Crippen molar-refractivity contribution in [2.75, 3.05) is 13.2 Å². The highest BCUT2D eigenvalue weighted by molar-refractivity contribution is 6.31. The van der Waals surface area contributed by atoms with E-state index in [4.69, 9.17) is 11.6 Å². The second-order valence-electron chi connectivity index (χ2n) is 4.98. The van der Waals surface area contributed by atoms with Crippen LogP contribution in [0.2, 0.25) is 5.02 Å². The fourth-order valence-corrected chi connectivity index (χ4v) is 2.89. The number of hydrogen-bond acceptors (Lipinski definition) is 4. The van der Waals surface area contributed by atoms with Crippen LogP contribution in [0.5, 0.6) is 0 Å². The minimum absolute atomic E-state index is 0.0451. The zero-order valence-corrected chi connectivity index (χ0v) is 11.5. The molecule has 2 unspecified atom stereocenters. The number of aliphatic hydroxyl groups is 1. The van der Waals surface area contributed by atoms with Crippen LogP contribution in [0.25, 0.3) is 0 Å². The highest BCUT2D eigenvalue weighted by atomic mass is 35.5.